The third-order valence-corrected chi connectivity index (χ3v) is 4.15. The third kappa shape index (κ3) is 5.05. The molecule has 1 aliphatic carbocycles. The molecule has 1 fully saturated rings. The van der Waals surface area contributed by atoms with Crippen molar-refractivity contribution >= 4 is 5.91 Å². The zero-order valence-corrected chi connectivity index (χ0v) is 13.0. The first kappa shape index (κ1) is 15.8. The van der Waals surface area contributed by atoms with E-state index in [1.807, 2.05) is 24.3 Å². The van der Waals surface area contributed by atoms with E-state index >= 15 is 0 Å². The number of rotatable bonds is 6. The van der Waals surface area contributed by atoms with Gasteiger partial charge < -0.3 is 15.4 Å². The quantitative estimate of drug-likeness (QED) is 0.847. The van der Waals surface area contributed by atoms with Crippen LogP contribution in [0, 0.1) is 0 Å². The molecule has 2 N–H and O–H groups in total. The van der Waals surface area contributed by atoms with Crippen LogP contribution in [0.1, 0.15) is 50.6 Å². The lowest BCUT2D eigenvalue weighted by Crippen LogP contribution is -2.41. The largest absolute Gasteiger partial charge is 0.497 e. The Morgan fingerprint density at radius 3 is 2.52 bits per heavy atom. The van der Waals surface area contributed by atoms with Crippen LogP contribution in [0.5, 0.6) is 5.75 Å². The topological polar surface area (TPSA) is 50.4 Å². The minimum atomic E-state index is 0.0993. The first-order valence-corrected chi connectivity index (χ1v) is 7.85. The lowest BCUT2D eigenvalue weighted by atomic mass is 9.95. The highest BCUT2D eigenvalue weighted by Crippen LogP contribution is 2.18. The molecule has 0 heterocycles. The standard InChI is InChI=1S/C17H26N2O2/c1-13(14-8-10-16(21-2)11-9-14)18-12-17(20)19-15-6-4-3-5-7-15/h8-11,13,15,18H,3-7,12H2,1-2H3,(H,19,20)/t13-/m0/s1. The van der Waals surface area contributed by atoms with Gasteiger partial charge >= 0.3 is 0 Å². The molecule has 1 amide bonds. The lowest BCUT2D eigenvalue weighted by molar-refractivity contribution is -0.121. The Labute approximate surface area is 127 Å². The van der Waals surface area contributed by atoms with Crippen molar-refractivity contribution in [2.45, 2.75) is 51.1 Å². The fourth-order valence-electron chi connectivity index (χ4n) is 2.78. The van der Waals surface area contributed by atoms with Gasteiger partial charge in [-0.2, -0.15) is 0 Å². The normalized spacial score (nSPS) is 17.2. The molecule has 1 aliphatic rings. The van der Waals surface area contributed by atoms with Crippen molar-refractivity contribution in [3.63, 3.8) is 0 Å². The number of carbonyl (C=O) groups excluding carboxylic acids is 1. The van der Waals surface area contributed by atoms with E-state index in [0.717, 1.165) is 24.2 Å². The van der Waals surface area contributed by atoms with Crippen LogP contribution in [0.25, 0.3) is 0 Å². The van der Waals surface area contributed by atoms with Crippen molar-refractivity contribution in [2.75, 3.05) is 13.7 Å². The zero-order chi connectivity index (χ0) is 15.1. The third-order valence-electron chi connectivity index (χ3n) is 4.15. The molecule has 0 bridgehead atoms. The molecule has 1 aromatic rings. The van der Waals surface area contributed by atoms with Gasteiger partial charge in [-0.3, -0.25) is 4.79 Å². The molecule has 0 unspecified atom stereocenters. The van der Waals surface area contributed by atoms with E-state index in [9.17, 15) is 4.79 Å². The maximum Gasteiger partial charge on any atom is 0.234 e. The second kappa shape index (κ2) is 8.03. The van der Waals surface area contributed by atoms with E-state index in [4.69, 9.17) is 4.74 Å². The Hall–Kier alpha value is -1.55. The molecule has 4 nitrogen and oxygen atoms in total. The minimum absolute atomic E-state index is 0.0993. The SMILES string of the molecule is COc1ccc([C@H](C)NCC(=O)NC2CCCCC2)cc1. The number of carbonyl (C=O) groups is 1. The van der Waals surface area contributed by atoms with E-state index < -0.39 is 0 Å². The smallest absolute Gasteiger partial charge is 0.234 e. The molecule has 2 rings (SSSR count). The van der Waals surface area contributed by atoms with Crippen molar-refractivity contribution in [2.24, 2.45) is 0 Å². The van der Waals surface area contributed by atoms with Crippen molar-refractivity contribution in [3.05, 3.63) is 29.8 Å². The Bertz CT molecular complexity index is 439. The summed E-state index contributed by atoms with van der Waals surface area (Å²) >= 11 is 0. The van der Waals surface area contributed by atoms with Gasteiger partial charge in [0.1, 0.15) is 5.75 Å². The van der Waals surface area contributed by atoms with E-state index in [-0.39, 0.29) is 11.9 Å². The van der Waals surface area contributed by atoms with Gasteiger partial charge in [-0.1, -0.05) is 31.4 Å². The van der Waals surface area contributed by atoms with E-state index in [0.29, 0.717) is 12.6 Å². The number of amides is 1. The highest BCUT2D eigenvalue weighted by molar-refractivity contribution is 5.78. The van der Waals surface area contributed by atoms with Crippen LogP contribution in [0.2, 0.25) is 0 Å². The average molecular weight is 290 g/mol. The monoisotopic (exact) mass is 290 g/mol. The molecule has 21 heavy (non-hydrogen) atoms. The number of hydrogen-bond acceptors (Lipinski definition) is 3. The number of nitrogens with one attached hydrogen (secondary N) is 2. The summed E-state index contributed by atoms with van der Waals surface area (Å²) in [5, 5.41) is 6.40. The average Bonchev–Trinajstić information content (AvgIpc) is 2.53. The van der Waals surface area contributed by atoms with Gasteiger partial charge in [-0.15, -0.1) is 0 Å². The molecule has 116 valence electrons. The summed E-state index contributed by atoms with van der Waals surface area (Å²) in [6.45, 7) is 2.43. The lowest BCUT2D eigenvalue weighted by Gasteiger charge is -2.23. The van der Waals surface area contributed by atoms with Crippen LogP contribution in [0.15, 0.2) is 24.3 Å². The summed E-state index contributed by atoms with van der Waals surface area (Å²) in [6, 6.07) is 8.45. The molecular formula is C17H26N2O2. The summed E-state index contributed by atoms with van der Waals surface area (Å²) in [5.41, 5.74) is 1.15. The van der Waals surface area contributed by atoms with Gasteiger partial charge in [-0.25, -0.2) is 0 Å². The highest BCUT2D eigenvalue weighted by atomic mass is 16.5. The molecule has 0 aliphatic heterocycles. The van der Waals surface area contributed by atoms with Crippen LogP contribution >= 0.6 is 0 Å². The zero-order valence-electron chi connectivity index (χ0n) is 13.0. The Balaban J connectivity index is 1.74. The summed E-state index contributed by atoms with van der Waals surface area (Å²) < 4.78 is 5.15. The molecule has 0 radical (unpaired) electrons. The molecule has 1 aromatic carbocycles. The van der Waals surface area contributed by atoms with Crippen molar-refractivity contribution in [1.82, 2.24) is 10.6 Å². The van der Waals surface area contributed by atoms with Crippen LogP contribution in [0.4, 0.5) is 0 Å². The summed E-state index contributed by atoms with van der Waals surface area (Å²) in [4.78, 5) is 12.0. The number of ether oxygens (including phenoxy) is 1. The fraction of sp³-hybridized carbons (Fsp3) is 0.588. The maximum absolute atomic E-state index is 12.0. The van der Waals surface area contributed by atoms with Crippen molar-refractivity contribution < 1.29 is 9.53 Å². The van der Waals surface area contributed by atoms with E-state index in [2.05, 4.69) is 17.6 Å². The van der Waals surface area contributed by atoms with Gasteiger partial charge in [0.05, 0.1) is 13.7 Å². The summed E-state index contributed by atoms with van der Waals surface area (Å²) in [6.07, 6.45) is 6.03. The fourth-order valence-corrected chi connectivity index (χ4v) is 2.78. The molecule has 4 heteroatoms. The Morgan fingerprint density at radius 1 is 1.24 bits per heavy atom. The van der Waals surface area contributed by atoms with Gasteiger partial charge in [0.25, 0.3) is 0 Å². The predicted octanol–water partition coefficient (Wildman–Crippen LogP) is 2.79. The maximum atomic E-state index is 12.0. The van der Waals surface area contributed by atoms with Gasteiger partial charge in [0.2, 0.25) is 5.91 Å². The first-order chi connectivity index (χ1) is 10.2. The number of hydrogen-bond donors (Lipinski definition) is 2. The highest BCUT2D eigenvalue weighted by Gasteiger charge is 2.16. The minimum Gasteiger partial charge on any atom is -0.497 e. The van der Waals surface area contributed by atoms with E-state index in [1.165, 1.54) is 19.3 Å². The van der Waals surface area contributed by atoms with Crippen molar-refractivity contribution in [1.29, 1.82) is 0 Å². The second-order valence-corrected chi connectivity index (χ2v) is 5.78. The van der Waals surface area contributed by atoms with Gasteiger partial charge in [-0.05, 0) is 37.5 Å². The molecule has 1 atom stereocenters. The van der Waals surface area contributed by atoms with Crippen LogP contribution < -0.4 is 15.4 Å². The predicted molar refractivity (Wildman–Crippen MR) is 84.4 cm³/mol. The van der Waals surface area contributed by atoms with Crippen LogP contribution in [-0.2, 0) is 4.79 Å². The van der Waals surface area contributed by atoms with Gasteiger partial charge in [0, 0.05) is 12.1 Å². The first-order valence-electron chi connectivity index (χ1n) is 7.85. The number of benzene rings is 1. The Kier molecular flexibility index (Phi) is 6.05. The van der Waals surface area contributed by atoms with Crippen LogP contribution in [-0.4, -0.2) is 25.6 Å². The Morgan fingerprint density at radius 2 is 1.90 bits per heavy atom. The molecule has 0 aromatic heterocycles. The molecule has 0 spiro atoms. The molecule has 0 saturated heterocycles. The number of methoxy groups -OCH3 is 1. The van der Waals surface area contributed by atoms with E-state index in [1.54, 1.807) is 7.11 Å². The van der Waals surface area contributed by atoms with Crippen LogP contribution in [0.3, 0.4) is 0 Å². The van der Waals surface area contributed by atoms with Gasteiger partial charge in [0.15, 0.2) is 0 Å². The summed E-state index contributed by atoms with van der Waals surface area (Å²) in [7, 11) is 1.66. The molecular weight excluding hydrogens is 264 g/mol. The summed E-state index contributed by atoms with van der Waals surface area (Å²) in [5.74, 6) is 0.947. The van der Waals surface area contributed by atoms with Crippen molar-refractivity contribution in [3.8, 4) is 5.75 Å². The molecule has 1 saturated carbocycles. The second-order valence-electron chi connectivity index (χ2n) is 5.78.